The fourth-order valence-corrected chi connectivity index (χ4v) is 3.93. The van der Waals surface area contributed by atoms with Crippen molar-refractivity contribution in [3.63, 3.8) is 0 Å². The number of aryl methyl sites for hydroxylation is 2. The van der Waals surface area contributed by atoms with Crippen molar-refractivity contribution in [2.75, 3.05) is 40.4 Å². The molecule has 1 fully saturated rings. The second-order valence-electron chi connectivity index (χ2n) is 7.80. The normalized spacial score (nSPS) is 15.2. The lowest BCUT2D eigenvalue weighted by atomic mass is 10.1. The number of tetrazole rings is 1. The van der Waals surface area contributed by atoms with Crippen molar-refractivity contribution in [1.29, 1.82) is 0 Å². The van der Waals surface area contributed by atoms with Crippen molar-refractivity contribution in [1.82, 2.24) is 30.0 Å². The number of rotatable bonds is 9. The van der Waals surface area contributed by atoms with Gasteiger partial charge in [-0.05, 0) is 40.1 Å². The summed E-state index contributed by atoms with van der Waals surface area (Å²) in [4.78, 5) is 4.94. The first kappa shape index (κ1) is 21.3. The highest BCUT2D eigenvalue weighted by Crippen LogP contribution is 2.27. The van der Waals surface area contributed by atoms with Crippen LogP contribution >= 0.6 is 0 Å². The number of methoxy groups -OCH3 is 2. The highest BCUT2D eigenvalue weighted by Gasteiger charge is 2.19. The Morgan fingerprint density at radius 2 is 1.52 bits per heavy atom. The molecule has 1 saturated heterocycles. The lowest BCUT2D eigenvalue weighted by Crippen LogP contribution is -2.45. The molecule has 0 bridgehead atoms. The van der Waals surface area contributed by atoms with Crippen molar-refractivity contribution >= 4 is 0 Å². The number of ether oxygens (including phenoxy) is 2. The Bertz CT molecular complexity index is 954. The second-order valence-corrected chi connectivity index (χ2v) is 7.80. The molecule has 1 aliphatic rings. The number of piperazine rings is 1. The Labute approximate surface area is 183 Å². The lowest BCUT2D eigenvalue weighted by Gasteiger charge is -2.34. The molecular weight excluding hydrogens is 392 g/mol. The topological polar surface area (TPSA) is 68.5 Å². The summed E-state index contributed by atoms with van der Waals surface area (Å²) >= 11 is 0. The Kier molecular flexibility index (Phi) is 7.11. The van der Waals surface area contributed by atoms with Crippen LogP contribution in [0.2, 0.25) is 0 Å². The van der Waals surface area contributed by atoms with Gasteiger partial charge in [0, 0.05) is 39.3 Å². The van der Waals surface area contributed by atoms with Crippen LogP contribution in [-0.2, 0) is 26.1 Å². The predicted molar refractivity (Wildman–Crippen MR) is 118 cm³/mol. The quantitative estimate of drug-likeness (QED) is 0.524. The van der Waals surface area contributed by atoms with Gasteiger partial charge in [-0.2, -0.15) is 0 Å². The SMILES string of the molecule is COc1ccc(CCn2nnnc2CN2CCN(Cc3ccccc3)CC2)cc1OC. The van der Waals surface area contributed by atoms with E-state index in [1.54, 1.807) is 14.2 Å². The highest BCUT2D eigenvalue weighted by atomic mass is 16.5. The van der Waals surface area contributed by atoms with Gasteiger partial charge in [0.1, 0.15) is 0 Å². The van der Waals surface area contributed by atoms with Crippen molar-refractivity contribution in [2.45, 2.75) is 26.1 Å². The first-order valence-electron chi connectivity index (χ1n) is 10.7. The van der Waals surface area contributed by atoms with Crippen LogP contribution in [0.1, 0.15) is 17.0 Å². The molecule has 1 aromatic heterocycles. The summed E-state index contributed by atoms with van der Waals surface area (Å²) in [6.07, 6.45) is 0.823. The van der Waals surface area contributed by atoms with E-state index in [1.807, 2.05) is 16.8 Å². The molecule has 0 N–H and O–H groups in total. The maximum absolute atomic E-state index is 5.40. The smallest absolute Gasteiger partial charge is 0.165 e. The molecule has 8 heteroatoms. The summed E-state index contributed by atoms with van der Waals surface area (Å²) in [6.45, 7) is 6.68. The van der Waals surface area contributed by atoms with E-state index < -0.39 is 0 Å². The van der Waals surface area contributed by atoms with Crippen LogP contribution in [0.15, 0.2) is 48.5 Å². The molecule has 1 aliphatic heterocycles. The molecule has 2 aromatic carbocycles. The van der Waals surface area contributed by atoms with Gasteiger partial charge in [0.05, 0.1) is 20.8 Å². The van der Waals surface area contributed by atoms with Gasteiger partial charge < -0.3 is 9.47 Å². The molecule has 2 heterocycles. The molecule has 0 amide bonds. The maximum Gasteiger partial charge on any atom is 0.165 e. The van der Waals surface area contributed by atoms with Gasteiger partial charge in [0.25, 0.3) is 0 Å². The zero-order valence-corrected chi connectivity index (χ0v) is 18.3. The summed E-state index contributed by atoms with van der Waals surface area (Å²) in [6, 6.07) is 16.7. The molecule has 0 radical (unpaired) electrons. The van der Waals surface area contributed by atoms with E-state index in [4.69, 9.17) is 9.47 Å². The van der Waals surface area contributed by atoms with Crippen LogP contribution in [0, 0.1) is 0 Å². The molecule has 164 valence electrons. The number of hydrogen-bond acceptors (Lipinski definition) is 7. The van der Waals surface area contributed by atoms with E-state index in [9.17, 15) is 0 Å². The summed E-state index contributed by atoms with van der Waals surface area (Å²) < 4.78 is 12.6. The molecule has 31 heavy (non-hydrogen) atoms. The first-order valence-corrected chi connectivity index (χ1v) is 10.7. The van der Waals surface area contributed by atoms with Crippen molar-refractivity contribution in [3.8, 4) is 11.5 Å². The molecule has 8 nitrogen and oxygen atoms in total. The van der Waals surface area contributed by atoms with E-state index in [-0.39, 0.29) is 0 Å². The summed E-state index contributed by atoms with van der Waals surface area (Å²) in [5, 5.41) is 12.4. The van der Waals surface area contributed by atoms with Gasteiger partial charge in [-0.15, -0.1) is 5.10 Å². The third kappa shape index (κ3) is 5.59. The molecule has 3 aromatic rings. The minimum absolute atomic E-state index is 0.728. The monoisotopic (exact) mass is 422 g/mol. The number of aromatic nitrogens is 4. The molecule has 0 unspecified atom stereocenters. The van der Waals surface area contributed by atoms with Gasteiger partial charge in [-0.1, -0.05) is 36.4 Å². The van der Waals surface area contributed by atoms with Crippen LogP contribution in [-0.4, -0.2) is 70.4 Å². The predicted octanol–water partition coefficient (Wildman–Crippen LogP) is 2.25. The average Bonchev–Trinajstić information content (AvgIpc) is 3.26. The van der Waals surface area contributed by atoms with Gasteiger partial charge in [-0.3, -0.25) is 9.80 Å². The van der Waals surface area contributed by atoms with E-state index in [1.165, 1.54) is 5.56 Å². The summed E-state index contributed by atoms with van der Waals surface area (Å²) in [7, 11) is 3.30. The first-order chi connectivity index (χ1) is 15.2. The van der Waals surface area contributed by atoms with Gasteiger partial charge >= 0.3 is 0 Å². The Morgan fingerprint density at radius 3 is 2.23 bits per heavy atom. The van der Waals surface area contributed by atoms with E-state index in [0.717, 1.165) is 75.1 Å². The fourth-order valence-electron chi connectivity index (χ4n) is 3.93. The van der Waals surface area contributed by atoms with E-state index >= 15 is 0 Å². The molecule has 0 aliphatic carbocycles. The number of nitrogens with zero attached hydrogens (tertiary/aromatic N) is 6. The van der Waals surface area contributed by atoms with Crippen LogP contribution in [0.25, 0.3) is 0 Å². The molecule has 0 spiro atoms. The highest BCUT2D eigenvalue weighted by molar-refractivity contribution is 5.42. The standard InChI is InChI=1S/C23H30N6O2/c1-30-21-9-8-19(16-22(21)31-2)10-11-29-23(24-25-26-29)18-28-14-12-27(13-15-28)17-20-6-4-3-5-7-20/h3-9,16H,10-15,17-18H2,1-2H3. The minimum atomic E-state index is 0.728. The maximum atomic E-state index is 5.40. The summed E-state index contributed by atoms with van der Waals surface area (Å²) in [5.74, 6) is 2.39. The average molecular weight is 423 g/mol. The molecule has 4 rings (SSSR count). The van der Waals surface area contributed by atoms with Crippen LogP contribution in [0.4, 0.5) is 0 Å². The Hall–Kier alpha value is -2.97. The van der Waals surface area contributed by atoms with Crippen LogP contribution in [0.5, 0.6) is 11.5 Å². The zero-order chi connectivity index (χ0) is 21.5. The Morgan fingerprint density at radius 1 is 0.806 bits per heavy atom. The number of hydrogen-bond donors (Lipinski definition) is 0. The second kappa shape index (κ2) is 10.4. The molecule has 0 atom stereocenters. The van der Waals surface area contributed by atoms with Gasteiger partial charge in [0.2, 0.25) is 0 Å². The zero-order valence-electron chi connectivity index (χ0n) is 18.3. The lowest BCUT2D eigenvalue weighted by molar-refractivity contribution is 0.118. The van der Waals surface area contributed by atoms with Gasteiger partial charge in [0.15, 0.2) is 17.3 Å². The Balaban J connectivity index is 1.28. The minimum Gasteiger partial charge on any atom is -0.493 e. The fraction of sp³-hybridized carbons (Fsp3) is 0.435. The third-order valence-corrected chi connectivity index (χ3v) is 5.75. The molecular formula is C23H30N6O2. The van der Waals surface area contributed by atoms with Crippen molar-refractivity contribution < 1.29 is 9.47 Å². The number of benzene rings is 2. The van der Waals surface area contributed by atoms with Crippen molar-refractivity contribution in [2.24, 2.45) is 0 Å². The van der Waals surface area contributed by atoms with Gasteiger partial charge in [-0.25, -0.2) is 4.68 Å². The summed E-state index contributed by atoms with van der Waals surface area (Å²) in [5.41, 5.74) is 2.53. The largest absolute Gasteiger partial charge is 0.493 e. The van der Waals surface area contributed by atoms with E-state index in [2.05, 4.69) is 61.7 Å². The molecule has 0 saturated carbocycles. The van der Waals surface area contributed by atoms with Crippen LogP contribution in [0.3, 0.4) is 0 Å². The van der Waals surface area contributed by atoms with Crippen molar-refractivity contribution in [3.05, 3.63) is 65.5 Å². The van der Waals surface area contributed by atoms with E-state index in [0.29, 0.717) is 0 Å². The third-order valence-electron chi connectivity index (χ3n) is 5.75. The van der Waals surface area contributed by atoms with Crippen LogP contribution < -0.4 is 9.47 Å².